The molecule has 0 unspecified atom stereocenters. The van der Waals surface area contributed by atoms with E-state index in [1.165, 1.54) is 21.6 Å². The zero-order valence-electron chi connectivity index (χ0n) is 20.1. The molecule has 0 radical (unpaired) electrons. The highest BCUT2D eigenvalue weighted by molar-refractivity contribution is 6.07. The summed E-state index contributed by atoms with van der Waals surface area (Å²) in [5.41, 5.74) is 3.46. The lowest BCUT2D eigenvalue weighted by molar-refractivity contribution is -0.135. The van der Waals surface area contributed by atoms with Gasteiger partial charge in [-0.05, 0) is 81.8 Å². The molecule has 3 aliphatic heterocycles. The average Bonchev–Trinajstić information content (AvgIpc) is 3.45. The molecule has 3 amide bonds. The van der Waals surface area contributed by atoms with E-state index in [0.717, 1.165) is 45.3 Å². The van der Waals surface area contributed by atoms with Gasteiger partial charge in [0.2, 0.25) is 0 Å². The highest BCUT2D eigenvalue weighted by Gasteiger charge is 2.58. The number of hydrogen-bond donors (Lipinski definition) is 1. The number of imide groups is 1. The first-order chi connectivity index (χ1) is 16.5. The fourth-order valence-electron chi connectivity index (χ4n) is 5.80. The fraction of sp³-hybridized carbons (Fsp3) is 0.519. The predicted octanol–water partition coefficient (Wildman–Crippen LogP) is 3.54. The number of carbonyl (C=O) groups is 2. The zero-order chi connectivity index (χ0) is 23.7. The van der Waals surface area contributed by atoms with Crippen LogP contribution < -0.4 is 5.32 Å². The molecule has 5 rings (SSSR count). The molecular weight excluding hydrogens is 428 g/mol. The Morgan fingerprint density at radius 1 is 1.12 bits per heavy atom. The molecule has 1 aromatic carbocycles. The van der Waals surface area contributed by atoms with Gasteiger partial charge in [-0.25, -0.2) is 4.79 Å². The van der Waals surface area contributed by atoms with Gasteiger partial charge in [-0.15, -0.1) is 0 Å². The van der Waals surface area contributed by atoms with Gasteiger partial charge in [-0.1, -0.05) is 29.8 Å². The summed E-state index contributed by atoms with van der Waals surface area (Å²) in [6.45, 7) is 7.95. The van der Waals surface area contributed by atoms with E-state index >= 15 is 0 Å². The van der Waals surface area contributed by atoms with Crippen LogP contribution in [0, 0.1) is 19.8 Å². The van der Waals surface area contributed by atoms with Gasteiger partial charge < -0.3 is 10.1 Å². The molecular formula is C27H34N4O3. The number of hydrogen-bond acceptors (Lipinski definition) is 5. The smallest absolute Gasteiger partial charge is 0.325 e. The second-order valence-corrected chi connectivity index (χ2v) is 9.98. The third-order valence-corrected chi connectivity index (χ3v) is 7.70. The first kappa shape index (κ1) is 23.0. The summed E-state index contributed by atoms with van der Waals surface area (Å²) in [6.07, 6.45) is 5.12. The number of nitrogens with zero attached hydrogens (tertiary/aromatic N) is 3. The van der Waals surface area contributed by atoms with Gasteiger partial charge in [-0.2, -0.15) is 0 Å². The lowest BCUT2D eigenvalue weighted by Crippen LogP contribution is -2.54. The van der Waals surface area contributed by atoms with Crippen LogP contribution in [0.3, 0.4) is 0 Å². The van der Waals surface area contributed by atoms with Crippen molar-refractivity contribution < 1.29 is 14.3 Å². The third-order valence-electron chi connectivity index (χ3n) is 7.70. The van der Waals surface area contributed by atoms with Crippen LogP contribution in [0.15, 0.2) is 42.6 Å². The molecule has 0 aliphatic carbocycles. The van der Waals surface area contributed by atoms with Gasteiger partial charge in [-0.3, -0.25) is 19.6 Å². The standard InChI is InChI=1S/C27H34N4O3/c1-19-8-9-21(20(2)16-19)17-30-13-10-22(11-14-30)27(24-7-3-4-12-28-24)25(32)31(26(33)29-27)18-23-6-5-15-34-23/h3-4,7-9,12,16,22-23H,5-6,10-11,13-15,17-18H2,1-2H3,(H,29,33)/t23-,27+/m0/s1. The van der Waals surface area contributed by atoms with Gasteiger partial charge >= 0.3 is 6.03 Å². The Balaban J connectivity index is 1.35. The summed E-state index contributed by atoms with van der Waals surface area (Å²) in [5, 5.41) is 3.11. The second-order valence-electron chi connectivity index (χ2n) is 9.98. The van der Waals surface area contributed by atoms with Gasteiger partial charge in [0, 0.05) is 19.3 Å². The van der Waals surface area contributed by atoms with Crippen LogP contribution in [0.25, 0.3) is 0 Å². The number of rotatable bonds is 6. The number of urea groups is 1. The number of aromatic nitrogens is 1. The Kier molecular flexibility index (Phi) is 6.40. The number of benzene rings is 1. The monoisotopic (exact) mass is 462 g/mol. The van der Waals surface area contributed by atoms with Gasteiger partial charge in [0.1, 0.15) is 0 Å². The molecule has 2 aromatic rings. The molecule has 0 bridgehead atoms. The Labute approximate surface area is 201 Å². The molecule has 34 heavy (non-hydrogen) atoms. The molecule has 1 aromatic heterocycles. The van der Waals surface area contributed by atoms with E-state index in [4.69, 9.17) is 4.74 Å². The average molecular weight is 463 g/mol. The summed E-state index contributed by atoms with van der Waals surface area (Å²) in [6, 6.07) is 11.9. The van der Waals surface area contributed by atoms with Crippen LogP contribution in [-0.4, -0.2) is 59.1 Å². The molecule has 2 atom stereocenters. The summed E-state index contributed by atoms with van der Waals surface area (Å²) in [5.74, 6) is -0.191. The van der Waals surface area contributed by atoms with Crippen LogP contribution in [0.5, 0.6) is 0 Å². The van der Waals surface area contributed by atoms with E-state index in [0.29, 0.717) is 18.8 Å². The highest BCUT2D eigenvalue weighted by atomic mass is 16.5. The highest BCUT2D eigenvalue weighted by Crippen LogP contribution is 2.41. The maximum Gasteiger partial charge on any atom is 0.325 e. The van der Waals surface area contributed by atoms with Crippen molar-refractivity contribution in [2.24, 2.45) is 5.92 Å². The first-order valence-corrected chi connectivity index (χ1v) is 12.4. The molecule has 180 valence electrons. The molecule has 3 aliphatic rings. The number of carbonyl (C=O) groups excluding carboxylic acids is 2. The van der Waals surface area contributed by atoms with E-state index in [2.05, 4.69) is 47.2 Å². The normalized spacial score (nSPS) is 26.3. The largest absolute Gasteiger partial charge is 0.376 e. The summed E-state index contributed by atoms with van der Waals surface area (Å²) in [7, 11) is 0. The summed E-state index contributed by atoms with van der Waals surface area (Å²) in [4.78, 5) is 35.4. The first-order valence-electron chi connectivity index (χ1n) is 12.4. The van der Waals surface area contributed by atoms with Crippen molar-refractivity contribution >= 4 is 11.9 Å². The van der Waals surface area contributed by atoms with Crippen LogP contribution in [0.1, 0.15) is 48.1 Å². The SMILES string of the molecule is Cc1ccc(CN2CCC([C@]3(c4ccccn4)NC(=O)N(C[C@@H]4CCCO4)C3=O)CC2)c(C)c1. The third kappa shape index (κ3) is 4.23. The lowest BCUT2D eigenvalue weighted by atomic mass is 9.75. The number of amides is 3. The quantitative estimate of drug-likeness (QED) is 0.665. The predicted molar refractivity (Wildman–Crippen MR) is 129 cm³/mol. The number of piperidine rings is 1. The van der Waals surface area contributed by atoms with E-state index in [9.17, 15) is 9.59 Å². The molecule has 7 heteroatoms. The Hall–Kier alpha value is -2.77. The maximum atomic E-state index is 13.9. The van der Waals surface area contributed by atoms with Crippen LogP contribution in [0.2, 0.25) is 0 Å². The van der Waals surface area contributed by atoms with Crippen LogP contribution in [0.4, 0.5) is 4.79 Å². The van der Waals surface area contributed by atoms with Gasteiger partial charge in [0.05, 0.1) is 18.3 Å². The van der Waals surface area contributed by atoms with Crippen molar-refractivity contribution in [3.63, 3.8) is 0 Å². The van der Waals surface area contributed by atoms with Crippen LogP contribution in [-0.2, 0) is 21.6 Å². The van der Waals surface area contributed by atoms with E-state index < -0.39 is 5.54 Å². The van der Waals surface area contributed by atoms with Crippen molar-refractivity contribution in [2.75, 3.05) is 26.2 Å². The Bertz CT molecular complexity index is 1050. The number of likely N-dealkylation sites (tertiary alicyclic amines) is 1. The summed E-state index contributed by atoms with van der Waals surface area (Å²) < 4.78 is 5.72. The van der Waals surface area contributed by atoms with Gasteiger partial charge in [0.15, 0.2) is 5.54 Å². The van der Waals surface area contributed by atoms with Crippen molar-refractivity contribution in [1.29, 1.82) is 0 Å². The number of nitrogens with one attached hydrogen (secondary N) is 1. The molecule has 4 heterocycles. The fourth-order valence-corrected chi connectivity index (χ4v) is 5.80. The number of ether oxygens (including phenoxy) is 1. The molecule has 7 nitrogen and oxygen atoms in total. The number of pyridine rings is 1. The minimum Gasteiger partial charge on any atom is -0.376 e. The minimum absolute atomic E-state index is 0.0105. The minimum atomic E-state index is -1.11. The maximum absolute atomic E-state index is 13.9. The Morgan fingerprint density at radius 3 is 2.62 bits per heavy atom. The van der Waals surface area contributed by atoms with Crippen LogP contribution >= 0.6 is 0 Å². The van der Waals surface area contributed by atoms with Crippen molar-refractivity contribution in [2.45, 2.75) is 57.7 Å². The molecule has 3 fully saturated rings. The van der Waals surface area contributed by atoms with E-state index in [1.54, 1.807) is 6.20 Å². The Morgan fingerprint density at radius 2 is 1.94 bits per heavy atom. The molecule has 3 saturated heterocycles. The lowest BCUT2D eigenvalue weighted by Gasteiger charge is -2.40. The van der Waals surface area contributed by atoms with E-state index in [1.807, 2.05) is 18.2 Å². The van der Waals surface area contributed by atoms with Crippen molar-refractivity contribution in [3.8, 4) is 0 Å². The van der Waals surface area contributed by atoms with Gasteiger partial charge in [0.25, 0.3) is 5.91 Å². The number of aryl methyl sites for hydroxylation is 2. The second kappa shape index (κ2) is 9.47. The summed E-state index contributed by atoms with van der Waals surface area (Å²) >= 11 is 0. The topological polar surface area (TPSA) is 74.8 Å². The zero-order valence-corrected chi connectivity index (χ0v) is 20.1. The molecule has 0 spiro atoms. The van der Waals surface area contributed by atoms with Crippen molar-refractivity contribution in [3.05, 3.63) is 65.0 Å². The van der Waals surface area contributed by atoms with Crippen molar-refractivity contribution in [1.82, 2.24) is 20.1 Å². The molecule has 0 saturated carbocycles. The van der Waals surface area contributed by atoms with E-state index in [-0.39, 0.29) is 24.0 Å². The molecule has 1 N–H and O–H groups in total.